The maximum Gasteiger partial charge on any atom is 0.0233 e. The van der Waals surface area contributed by atoms with Crippen LogP contribution in [0, 0.1) is 5.92 Å². The van der Waals surface area contributed by atoms with Gasteiger partial charge in [0, 0.05) is 19.1 Å². The first kappa shape index (κ1) is 13.6. The second-order valence-electron chi connectivity index (χ2n) is 5.86. The average Bonchev–Trinajstić information content (AvgIpc) is 2.39. The van der Waals surface area contributed by atoms with Crippen molar-refractivity contribution in [3.05, 3.63) is 35.4 Å². The molecule has 0 saturated heterocycles. The molecule has 2 N–H and O–H groups in total. The van der Waals surface area contributed by atoms with Crippen LogP contribution < -0.4 is 5.73 Å². The zero-order chi connectivity index (χ0) is 13.0. The van der Waals surface area contributed by atoms with Gasteiger partial charge in [0.2, 0.25) is 0 Å². The minimum Gasteiger partial charge on any atom is -0.326 e. The monoisotopic (exact) mass is 246 g/mol. The van der Waals surface area contributed by atoms with Gasteiger partial charge in [-0.25, -0.2) is 0 Å². The van der Waals surface area contributed by atoms with E-state index in [1.807, 2.05) is 0 Å². The van der Waals surface area contributed by atoms with E-state index >= 15 is 0 Å². The molecule has 1 aliphatic rings. The fourth-order valence-electron chi connectivity index (χ4n) is 3.00. The molecule has 100 valence electrons. The molecule has 0 amide bonds. The largest absolute Gasteiger partial charge is 0.326 e. The van der Waals surface area contributed by atoms with Gasteiger partial charge in [0.15, 0.2) is 0 Å². The summed E-state index contributed by atoms with van der Waals surface area (Å²) in [6.07, 6.45) is 5.52. The van der Waals surface area contributed by atoms with Crippen LogP contribution in [0.2, 0.25) is 0 Å². The molecule has 18 heavy (non-hydrogen) atoms. The minimum atomic E-state index is 0.635. The van der Waals surface area contributed by atoms with E-state index in [-0.39, 0.29) is 0 Å². The van der Waals surface area contributed by atoms with Crippen LogP contribution >= 0.6 is 0 Å². The van der Waals surface area contributed by atoms with Crippen molar-refractivity contribution >= 4 is 0 Å². The van der Waals surface area contributed by atoms with Gasteiger partial charge in [0.05, 0.1) is 0 Å². The Bertz CT molecular complexity index is 358. The normalized spacial score (nSPS) is 24.4. The molecule has 0 aromatic heterocycles. The van der Waals surface area contributed by atoms with Gasteiger partial charge in [-0.1, -0.05) is 44.0 Å². The smallest absolute Gasteiger partial charge is 0.0233 e. The SMILES string of the molecule is CC1CCCC(N(C)Cc2ccc(CN)cc2)C1. The summed E-state index contributed by atoms with van der Waals surface area (Å²) < 4.78 is 0. The molecule has 0 aliphatic heterocycles. The highest BCUT2D eigenvalue weighted by atomic mass is 15.1. The van der Waals surface area contributed by atoms with Gasteiger partial charge in [0.1, 0.15) is 0 Å². The molecule has 1 aromatic rings. The van der Waals surface area contributed by atoms with E-state index < -0.39 is 0 Å². The van der Waals surface area contributed by atoms with E-state index in [1.54, 1.807) is 0 Å². The van der Waals surface area contributed by atoms with Crippen molar-refractivity contribution in [2.75, 3.05) is 7.05 Å². The predicted molar refractivity (Wildman–Crippen MR) is 77.2 cm³/mol. The lowest BCUT2D eigenvalue weighted by Crippen LogP contribution is -2.35. The Kier molecular flexibility index (Phi) is 4.79. The number of benzene rings is 1. The second kappa shape index (κ2) is 6.35. The number of hydrogen-bond acceptors (Lipinski definition) is 2. The molecule has 0 heterocycles. The zero-order valence-electron chi connectivity index (χ0n) is 11.7. The highest BCUT2D eigenvalue weighted by molar-refractivity contribution is 5.22. The topological polar surface area (TPSA) is 29.3 Å². The Balaban J connectivity index is 1.91. The first-order chi connectivity index (χ1) is 8.69. The van der Waals surface area contributed by atoms with E-state index in [4.69, 9.17) is 5.73 Å². The molecular weight excluding hydrogens is 220 g/mol. The maximum absolute atomic E-state index is 5.62. The molecule has 2 atom stereocenters. The van der Waals surface area contributed by atoms with E-state index in [0.29, 0.717) is 6.54 Å². The van der Waals surface area contributed by atoms with Crippen LogP contribution in [0.15, 0.2) is 24.3 Å². The Morgan fingerprint density at radius 3 is 2.44 bits per heavy atom. The molecule has 2 nitrogen and oxygen atoms in total. The lowest BCUT2D eigenvalue weighted by Gasteiger charge is -2.34. The lowest BCUT2D eigenvalue weighted by molar-refractivity contribution is 0.157. The van der Waals surface area contributed by atoms with Crippen LogP contribution in [0.1, 0.15) is 43.7 Å². The third kappa shape index (κ3) is 3.56. The van der Waals surface area contributed by atoms with E-state index in [1.165, 1.54) is 36.8 Å². The molecule has 2 rings (SSSR count). The first-order valence-corrected chi connectivity index (χ1v) is 7.17. The molecule has 0 bridgehead atoms. The fraction of sp³-hybridized carbons (Fsp3) is 0.625. The van der Waals surface area contributed by atoms with Gasteiger partial charge in [-0.3, -0.25) is 4.90 Å². The van der Waals surface area contributed by atoms with E-state index in [0.717, 1.165) is 18.5 Å². The molecule has 1 aliphatic carbocycles. The van der Waals surface area contributed by atoms with Crippen LogP contribution in [0.4, 0.5) is 0 Å². The van der Waals surface area contributed by atoms with Gasteiger partial charge < -0.3 is 5.73 Å². The standard InChI is InChI=1S/C16H26N2/c1-13-4-3-5-16(10-13)18(2)12-15-8-6-14(11-17)7-9-15/h6-9,13,16H,3-5,10-12,17H2,1-2H3. The minimum absolute atomic E-state index is 0.635. The van der Waals surface area contributed by atoms with Crippen molar-refractivity contribution in [3.8, 4) is 0 Å². The molecule has 2 heteroatoms. The van der Waals surface area contributed by atoms with Crippen molar-refractivity contribution in [3.63, 3.8) is 0 Å². The second-order valence-corrected chi connectivity index (χ2v) is 5.86. The third-order valence-corrected chi connectivity index (χ3v) is 4.22. The van der Waals surface area contributed by atoms with Gasteiger partial charge in [0.25, 0.3) is 0 Å². The third-order valence-electron chi connectivity index (χ3n) is 4.22. The molecule has 2 unspecified atom stereocenters. The Morgan fingerprint density at radius 2 is 1.83 bits per heavy atom. The van der Waals surface area contributed by atoms with Crippen LogP contribution in [-0.2, 0) is 13.1 Å². The fourth-order valence-corrected chi connectivity index (χ4v) is 3.00. The van der Waals surface area contributed by atoms with Crippen molar-refractivity contribution in [2.45, 2.75) is 51.7 Å². The predicted octanol–water partition coefficient (Wildman–Crippen LogP) is 3.16. The molecular formula is C16H26N2. The van der Waals surface area contributed by atoms with Crippen LogP contribution in [0.5, 0.6) is 0 Å². The van der Waals surface area contributed by atoms with Crippen molar-refractivity contribution in [2.24, 2.45) is 11.7 Å². The van der Waals surface area contributed by atoms with Crippen LogP contribution in [0.25, 0.3) is 0 Å². The van der Waals surface area contributed by atoms with Gasteiger partial charge >= 0.3 is 0 Å². The summed E-state index contributed by atoms with van der Waals surface area (Å²) in [4.78, 5) is 2.52. The summed E-state index contributed by atoms with van der Waals surface area (Å²) in [7, 11) is 2.26. The Hall–Kier alpha value is -0.860. The summed E-state index contributed by atoms with van der Waals surface area (Å²) >= 11 is 0. The molecule has 0 radical (unpaired) electrons. The van der Waals surface area contributed by atoms with E-state index in [9.17, 15) is 0 Å². The summed E-state index contributed by atoms with van der Waals surface area (Å²) in [6.45, 7) is 4.08. The molecule has 0 spiro atoms. The quantitative estimate of drug-likeness (QED) is 0.884. The summed E-state index contributed by atoms with van der Waals surface area (Å²) in [6, 6.07) is 9.48. The highest BCUT2D eigenvalue weighted by Gasteiger charge is 2.22. The number of hydrogen-bond donors (Lipinski definition) is 1. The zero-order valence-corrected chi connectivity index (χ0v) is 11.7. The summed E-state index contributed by atoms with van der Waals surface area (Å²) in [5, 5.41) is 0. The highest BCUT2D eigenvalue weighted by Crippen LogP contribution is 2.27. The lowest BCUT2D eigenvalue weighted by atomic mass is 9.86. The number of nitrogens with zero attached hydrogens (tertiary/aromatic N) is 1. The Morgan fingerprint density at radius 1 is 1.17 bits per heavy atom. The first-order valence-electron chi connectivity index (χ1n) is 7.17. The molecule has 1 aromatic carbocycles. The van der Waals surface area contributed by atoms with Crippen molar-refractivity contribution in [1.29, 1.82) is 0 Å². The molecule has 1 saturated carbocycles. The van der Waals surface area contributed by atoms with E-state index in [2.05, 4.69) is 43.1 Å². The summed E-state index contributed by atoms with van der Waals surface area (Å²) in [5.41, 5.74) is 8.23. The van der Waals surface area contributed by atoms with Gasteiger partial charge in [-0.05, 0) is 36.9 Å². The van der Waals surface area contributed by atoms with Gasteiger partial charge in [-0.15, -0.1) is 0 Å². The van der Waals surface area contributed by atoms with Crippen LogP contribution in [0.3, 0.4) is 0 Å². The average molecular weight is 246 g/mol. The number of rotatable bonds is 4. The molecule has 1 fully saturated rings. The van der Waals surface area contributed by atoms with Gasteiger partial charge in [-0.2, -0.15) is 0 Å². The summed E-state index contributed by atoms with van der Waals surface area (Å²) in [5.74, 6) is 0.894. The van der Waals surface area contributed by atoms with Crippen molar-refractivity contribution in [1.82, 2.24) is 4.90 Å². The number of nitrogens with two attached hydrogens (primary N) is 1. The van der Waals surface area contributed by atoms with Crippen molar-refractivity contribution < 1.29 is 0 Å². The Labute approximate surface area is 111 Å². The van der Waals surface area contributed by atoms with Crippen LogP contribution in [-0.4, -0.2) is 18.0 Å². The maximum atomic E-state index is 5.62.